The molecular formula is C15H30N2. The van der Waals surface area contributed by atoms with Crippen LogP contribution in [-0.2, 0) is 0 Å². The van der Waals surface area contributed by atoms with E-state index in [0.717, 1.165) is 12.1 Å². The van der Waals surface area contributed by atoms with Gasteiger partial charge in [-0.05, 0) is 45.1 Å². The molecule has 0 radical (unpaired) electrons. The lowest BCUT2D eigenvalue weighted by atomic mass is 9.74. The van der Waals surface area contributed by atoms with Crippen LogP contribution in [-0.4, -0.2) is 24.2 Å². The Balaban J connectivity index is 1.87. The first-order valence-electron chi connectivity index (χ1n) is 7.79. The number of rotatable bonds is 4. The van der Waals surface area contributed by atoms with Crippen molar-refractivity contribution in [1.82, 2.24) is 10.6 Å². The summed E-state index contributed by atoms with van der Waals surface area (Å²) in [5.41, 5.74) is 0.500. The van der Waals surface area contributed by atoms with Crippen molar-refractivity contribution in [3.63, 3.8) is 0 Å². The second kappa shape index (κ2) is 6.19. The van der Waals surface area contributed by atoms with E-state index >= 15 is 0 Å². The van der Waals surface area contributed by atoms with Crippen LogP contribution in [0.25, 0.3) is 0 Å². The van der Waals surface area contributed by atoms with Crippen molar-refractivity contribution in [2.24, 2.45) is 0 Å². The van der Waals surface area contributed by atoms with Crippen LogP contribution in [0.2, 0.25) is 0 Å². The standard InChI is InChI=1S/C15H30N2/c1-3-13(4-2)17-14-8-11-16-15(12-14)9-6-5-7-10-15/h13-14,16-17H,3-12H2,1-2H3. The number of hydrogen-bond acceptors (Lipinski definition) is 2. The van der Waals surface area contributed by atoms with Gasteiger partial charge in [0, 0.05) is 17.6 Å². The van der Waals surface area contributed by atoms with Gasteiger partial charge in [-0.2, -0.15) is 0 Å². The van der Waals surface area contributed by atoms with Gasteiger partial charge < -0.3 is 10.6 Å². The Morgan fingerprint density at radius 1 is 1.18 bits per heavy atom. The molecule has 2 rings (SSSR count). The Kier molecular flexibility index (Phi) is 4.87. The highest BCUT2D eigenvalue weighted by Crippen LogP contribution is 2.34. The molecule has 1 heterocycles. The van der Waals surface area contributed by atoms with E-state index < -0.39 is 0 Å². The molecule has 100 valence electrons. The quantitative estimate of drug-likeness (QED) is 0.786. The highest BCUT2D eigenvalue weighted by Gasteiger charge is 2.36. The highest BCUT2D eigenvalue weighted by atomic mass is 15.0. The predicted molar refractivity (Wildman–Crippen MR) is 74.3 cm³/mol. The molecule has 1 aliphatic heterocycles. The molecule has 0 amide bonds. The summed E-state index contributed by atoms with van der Waals surface area (Å²) in [6, 6.07) is 1.50. The molecule has 2 fully saturated rings. The molecular weight excluding hydrogens is 208 g/mol. The minimum absolute atomic E-state index is 0.500. The van der Waals surface area contributed by atoms with E-state index in [-0.39, 0.29) is 0 Å². The third kappa shape index (κ3) is 3.45. The fourth-order valence-corrected chi connectivity index (χ4v) is 3.77. The molecule has 2 N–H and O–H groups in total. The molecule has 2 aliphatic rings. The third-order valence-corrected chi connectivity index (χ3v) is 4.90. The van der Waals surface area contributed by atoms with Gasteiger partial charge in [-0.25, -0.2) is 0 Å². The molecule has 0 aromatic rings. The minimum atomic E-state index is 0.500. The smallest absolute Gasteiger partial charge is 0.0196 e. The zero-order valence-electron chi connectivity index (χ0n) is 11.7. The van der Waals surface area contributed by atoms with Crippen LogP contribution in [0.15, 0.2) is 0 Å². The molecule has 17 heavy (non-hydrogen) atoms. The zero-order chi connectivity index (χ0) is 12.1. The van der Waals surface area contributed by atoms with E-state index in [2.05, 4.69) is 24.5 Å². The second-order valence-electron chi connectivity index (χ2n) is 6.14. The Bertz CT molecular complexity index is 211. The lowest BCUT2D eigenvalue weighted by molar-refractivity contribution is 0.150. The highest BCUT2D eigenvalue weighted by molar-refractivity contribution is 4.98. The van der Waals surface area contributed by atoms with Gasteiger partial charge in [-0.3, -0.25) is 0 Å². The summed E-state index contributed by atoms with van der Waals surface area (Å²) < 4.78 is 0. The van der Waals surface area contributed by atoms with E-state index in [1.165, 1.54) is 64.3 Å². The molecule has 1 saturated carbocycles. The lowest BCUT2D eigenvalue weighted by Gasteiger charge is -2.45. The maximum absolute atomic E-state index is 3.89. The first kappa shape index (κ1) is 13.4. The van der Waals surface area contributed by atoms with Crippen molar-refractivity contribution in [3.05, 3.63) is 0 Å². The molecule has 0 bridgehead atoms. The summed E-state index contributed by atoms with van der Waals surface area (Å²) >= 11 is 0. The Morgan fingerprint density at radius 2 is 1.88 bits per heavy atom. The summed E-state index contributed by atoms with van der Waals surface area (Å²) in [6.07, 6.45) is 12.4. The van der Waals surface area contributed by atoms with Crippen LogP contribution in [0.4, 0.5) is 0 Å². The molecule has 1 atom stereocenters. The van der Waals surface area contributed by atoms with E-state index in [0.29, 0.717) is 5.54 Å². The third-order valence-electron chi connectivity index (χ3n) is 4.90. The van der Waals surface area contributed by atoms with Gasteiger partial charge in [0.1, 0.15) is 0 Å². The SMILES string of the molecule is CCC(CC)NC1CCNC2(CCCCC2)C1. The van der Waals surface area contributed by atoms with E-state index in [9.17, 15) is 0 Å². The van der Waals surface area contributed by atoms with Crippen LogP contribution in [0.1, 0.15) is 71.6 Å². The topological polar surface area (TPSA) is 24.1 Å². The molecule has 1 saturated heterocycles. The van der Waals surface area contributed by atoms with Gasteiger partial charge in [0.25, 0.3) is 0 Å². The Labute approximate surface area is 107 Å². The molecule has 1 aliphatic carbocycles. The lowest BCUT2D eigenvalue weighted by Crippen LogP contribution is -2.57. The predicted octanol–water partition coefficient (Wildman–Crippen LogP) is 3.22. The Morgan fingerprint density at radius 3 is 2.53 bits per heavy atom. The van der Waals surface area contributed by atoms with Crippen molar-refractivity contribution in [3.8, 4) is 0 Å². The van der Waals surface area contributed by atoms with Crippen LogP contribution in [0.3, 0.4) is 0 Å². The number of piperidine rings is 1. The van der Waals surface area contributed by atoms with E-state index in [1.54, 1.807) is 0 Å². The van der Waals surface area contributed by atoms with Gasteiger partial charge in [0.2, 0.25) is 0 Å². The second-order valence-corrected chi connectivity index (χ2v) is 6.14. The molecule has 2 heteroatoms. The zero-order valence-corrected chi connectivity index (χ0v) is 11.7. The summed E-state index contributed by atoms with van der Waals surface area (Å²) in [5.74, 6) is 0. The summed E-state index contributed by atoms with van der Waals surface area (Å²) in [6.45, 7) is 5.83. The van der Waals surface area contributed by atoms with Gasteiger partial charge in [-0.1, -0.05) is 33.1 Å². The normalized spacial score (nSPS) is 28.8. The van der Waals surface area contributed by atoms with Crippen LogP contribution in [0, 0.1) is 0 Å². The van der Waals surface area contributed by atoms with Crippen molar-refractivity contribution < 1.29 is 0 Å². The fourth-order valence-electron chi connectivity index (χ4n) is 3.77. The van der Waals surface area contributed by atoms with Crippen molar-refractivity contribution in [1.29, 1.82) is 0 Å². The van der Waals surface area contributed by atoms with Gasteiger partial charge in [0.15, 0.2) is 0 Å². The number of hydrogen-bond donors (Lipinski definition) is 2. The summed E-state index contributed by atoms with van der Waals surface area (Å²) in [4.78, 5) is 0. The van der Waals surface area contributed by atoms with Gasteiger partial charge in [0.05, 0.1) is 0 Å². The average molecular weight is 238 g/mol. The summed E-state index contributed by atoms with van der Waals surface area (Å²) in [7, 11) is 0. The van der Waals surface area contributed by atoms with Crippen LogP contribution >= 0.6 is 0 Å². The van der Waals surface area contributed by atoms with E-state index in [4.69, 9.17) is 0 Å². The molecule has 0 aromatic carbocycles. The first-order chi connectivity index (χ1) is 8.28. The molecule has 2 nitrogen and oxygen atoms in total. The van der Waals surface area contributed by atoms with Crippen molar-refractivity contribution in [2.75, 3.05) is 6.54 Å². The van der Waals surface area contributed by atoms with Crippen molar-refractivity contribution >= 4 is 0 Å². The maximum Gasteiger partial charge on any atom is 0.0196 e. The Hall–Kier alpha value is -0.0800. The van der Waals surface area contributed by atoms with Crippen molar-refractivity contribution in [2.45, 2.75) is 89.3 Å². The maximum atomic E-state index is 3.89. The van der Waals surface area contributed by atoms with E-state index in [1.807, 2.05) is 0 Å². The summed E-state index contributed by atoms with van der Waals surface area (Å²) in [5, 5.41) is 7.72. The van der Waals surface area contributed by atoms with Crippen LogP contribution in [0.5, 0.6) is 0 Å². The first-order valence-corrected chi connectivity index (χ1v) is 7.79. The minimum Gasteiger partial charge on any atom is -0.311 e. The van der Waals surface area contributed by atoms with Gasteiger partial charge in [-0.15, -0.1) is 0 Å². The van der Waals surface area contributed by atoms with Crippen LogP contribution < -0.4 is 10.6 Å². The molecule has 1 spiro atoms. The molecule has 1 unspecified atom stereocenters. The molecule has 0 aromatic heterocycles. The monoisotopic (exact) mass is 238 g/mol. The largest absolute Gasteiger partial charge is 0.311 e. The fraction of sp³-hybridized carbons (Fsp3) is 1.00. The average Bonchev–Trinajstić information content (AvgIpc) is 2.37. The van der Waals surface area contributed by atoms with Gasteiger partial charge >= 0.3 is 0 Å². The number of nitrogens with one attached hydrogen (secondary N) is 2.